The molecule has 0 aliphatic rings. The first-order valence-corrected chi connectivity index (χ1v) is 7.62. The third-order valence-electron chi connectivity index (χ3n) is 2.60. The van der Waals surface area contributed by atoms with Crippen molar-refractivity contribution in [3.63, 3.8) is 0 Å². The Kier molecular flexibility index (Phi) is 5.19. The molecule has 1 unspecified atom stereocenters. The van der Waals surface area contributed by atoms with Gasteiger partial charge in [-0.2, -0.15) is 0 Å². The average molecular weight is 407 g/mol. The molecule has 0 amide bonds. The van der Waals surface area contributed by atoms with Crippen LogP contribution in [0.1, 0.15) is 16.1 Å². The lowest BCUT2D eigenvalue weighted by Gasteiger charge is -2.11. The number of aromatic nitrogens is 2. The molecule has 0 fully saturated rings. The number of nitrogens with zero attached hydrogens (tertiary/aromatic N) is 2. The summed E-state index contributed by atoms with van der Waals surface area (Å²) in [6.07, 6.45) is 2.24. The van der Waals surface area contributed by atoms with Gasteiger partial charge in [0.1, 0.15) is 6.33 Å². The van der Waals surface area contributed by atoms with Gasteiger partial charge in [0.15, 0.2) is 0 Å². The van der Waals surface area contributed by atoms with Crippen LogP contribution in [0.3, 0.4) is 0 Å². The molecule has 6 heteroatoms. The highest BCUT2D eigenvalue weighted by molar-refractivity contribution is 9.10. The van der Waals surface area contributed by atoms with Crippen molar-refractivity contribution < 1.29 is 4.74 Å². The molecule has 0 saturated heterocycles. The Morgan fingerprint density at radius 2 is 2.11 bits per heavy atom. The van der Waals surface area contributed by atoms with Gasteiger partial charge in [-0.15, -0.1) is 0 Å². The lowest BCUT2D eigenvalue weighted by molar-refractivity contribution is 0.396. The molecule has 0 N–H and O–H groups in total. The molecule has 100 valence electrons. The summed E-state index contributed by atoms with van der Waals surface area (Å²) in [4.78, 5) is 8.35. The SMILES string of the molecule is COc1cc(CC(Br)c2ccc(Br)c(Cl)c2)ncn1. The van der Waals surface area contributed by atoms with Crippen LogP contribution in [0.25, 0.3) is 0 Å². The molecule has 1 aromatic heterocycles. The number of hydrogen-bond donors (Lipinski definition) is 0. The summed E-state index contributed by atoms with van der Waals surface area (Å²) in [5.74, 6) is 0.568. The second-order valence-corrected chi connectivity index (χ2v) is 6.26. The minimum absolute atomic E-state index is 0.137. The fraction of sp³-hybridized carbons (Fsp3) is 0.231. The van der Waals surface area contributed by atoms with Crippen LogP contribution in [0.15, 0.2) is 35.1 Å². The summed E-state index contributed by atoms with van der Waals surface area (Å²) in [6.45, 7) is 0. The minimum Gasteiger partial charge on any atom is -0.481 e. The van der Waals surface area contributed by atoms with E-state index in [1.54, 1.807) is 7.11 Å². The third-order valence-corrected chi connectivity index (χ3v) is 4.69. The predicted octanol–water partition coefficient (Wildman–Crippen LogP) is 4.58. The van der Waals surface area contributed by atoms with Crippen molar-refractivity contribution in [2.24, 2.45) is 0 Å². The molecule has 0 bridgehead atoms. The fourth-order valence-corrected chi connectivity index (χ4v) is 2.66. The Labute approximate surface area is 133 Å². The summed E-state index contributed by atoms with van der Waals surface area (Å²) < 4.78 is 5.97. The summed E-state index contributed by atoms with van der Waals surface area (Å²) >= 11 is 13.1. The van der Waals surface area contributed by atoms with Gasteiger partial charge in [0.05, 0.1) is 12.1 Å². The summed E-state index contributed by atoms with van der Waals surface area (Å²) in [5, 5.41) is 0.696. The lowest BCUT2D eigenvalue weighted by atomic mass is 10.1. The van der Waals surface area contributed by atoms with E-state index in [9.17, 15) is 0 Å². The number of benzene rings is 1. The van der Waals surface area contributed by atoms with E-state index >= 15 is 0 Å². The first kappa shape index (κ1) is 14.8. The van der Waals surface area contributed by atoms with E-state index < -0.39 is 0 Å². The Hall–Kier alpha value is -0.650. The molecule has 3 nitrogen and oxygen atoms in total. The molecule has 1 aromatic carbocycles. The zero-order valence-electron chi connectivity index (χ0n) is 10.1. The van der Waals surface area contributed by atoms with Crippen LogP contribution in [0.2, 0.25) is 5.02 Å². The smallest absolute Gasteiger partial charge is 0.216 e. The van der Waals surface area contributed by atoms with Gasteiger partial charge in [0, 0.05) is 27.5 Å². The van der Waals surface area contributed by atoms with Gasteiger partial charge >= 0.3 is 0 Å². The maximum absolute atomic E-state index is 6.10. The number of hydrogen-bond acceptors (Lipinski definition) is 3. The van der Waals surface area contributed by atoms with Crippen molar-refractivity contribution in [3.05, 3.63) is 51.3 Å². The third kappa shape index (κ3) is 3.91. The first-order valence-electron chi connectivity index (χ1n) is 5.54. The average Bonchev–Trinajstić information content (AvgIpc) is 2.42. The number of rotatable bonds is 4. The van der Waals surface area contributed by atoms with Gasteiger partial charge in [-0.05, 0) is 33.6 Å². The van der Waals surface area contributed by atoms with Crippen LogP contribution in [0.5, 0.6) is 5.88 Å². The van der Waals surface area contributed by atoms with Crippen molar-refractivity contribution in [1.82, 2.24) is 9.97 Å². The number of halogens is 3. The molecule has 0 aliphatic heterocycles. The predicted molar refractivity (Wildman–Crippen MR) is 83.1 cm³/mol. The molecule has 0 radical (unpaired) electrons. The minimum atomic E-state index is 0.137. The Morgan fingerprint density at radius 3 is 2.79 bits per heavy atom. The van der Waals surface area contributed by atoms with E-state index in [0.29, 0.717) is 10.9 Å². The van der Waals surface area contributed by atoms with Crippen molar-refractivity contribution in [1.29, 1.82) is 0 Å². The second kappa shape index (κ2) is 6.68. The lowest BCUT2D eigenvalue weighted by Crippen LogP contribution is -1.99. The number of alkyl halides is 1. The van der Waals surface area contributed by atoms with Crippen molar-refractivity contribution >= 4 is 43.5 Å². The van der Waals surface area contributed by atoms with Gasteiger partial charge in [0.2, 0.25) is 5.88 Å². The van der Waals surface area contributed by atoms with Crippen LogP contribution in [0.4, 0.5) is 0 Å². The quantitative estimate of drug-likeness (QED) is 0.697. The van der Waals surface area contributed by atoms with Gasteiger partial charge in [-0.3, -0.25) is 0 Å². The molecule has 0 saturated carbocycles. The van der Waals surface area contributed by atoms with Crippen molar-refractivity contribution in [2.45, 2.75) is 11.2 Å². The molecule has 0 aliphatic carbocycles. The molecule has 1 heterocycles. The van der Waals surface area contributed by atoms with Gasteiger partial charge in [-0.1, -0.05) is 33.6 Å². The molecular formula is C13H11Br2ClN2O. The molecule has 19 heavy (non-hydrogen) atoms. The molecule has 2 rings (SSSR count). The summed E-state index contributed by atoms with van der Waals surface area (Å²) in [6, 6.07) is 7.72. The van der Waals surface area contributed by atoms with Crippen molar-refractivity contribution in [3.8, 4) is 5.88 Å². The largest absolute Gasteiger partial charge is 0.481 e. The maximum atomic E-state index is 6.10. The zero-order chi connectivity index (χ0) is 13.8. The van der Waals surface area contributed by atoms with Crippen LogP contribution in [-0.2, 0) is 6.42 Å². The highest BCUT2D eigenvalue weighted by atomic mass is 79.9. The number of ether oxygens (including phenoxy) is 1. The van der Waals surface area contributed by atoms with E-state index in [1.165, 1.54) is 6.33 Å². The molecular weight excluding hydrogens is 395 g/mol. The highest BCUT2D eigenvalue weighted by Crippen LogP contribution is 2.31. The zero-order valence-corrected chi connectivity index (χ0v) is 14.0. The van der Waals surface area contributed by atoms with Crippen LogP contribution in [-0.4, -0.2) is 17.1 Å². The summed E-state index contributed by atoms with van der Waals surface area (Å²) in [7, 11) is 1.59. The monoisotopic (exact) mass is 404 g/mol. The van der Waals surface area contributed by atoms with Crippen LogP contribution >= 0.6 is 43.5 Å². The van der Waals surface area contributed by atoms with Crippen LogP contribution in [0, 0.1) is 0 Å². The van der Waals surface area contributed by atoms with E-state index in [2.05, 4.69) is 41.8 Å². The first-order chi connectivity index (χ1) is 9.10. The van der Waals surface area contributed by atoms with Crippen LogP contribution < -0.4 is 4.74 Å². The fourth-order valence-electron chi connectivity index (χ4n) is 1.61. The second-order valence-electron chi connectivity index (χ2n) is 3.90. The summed E-state index contributed by atoms with van der Waals surface area (Å²) in [5.41, 5.74) is 2.01. The van der Waals surface area contributed by atoms with E-state index in [0.717, 1.165) is 22.2 Å². The maximum Gasteiger partial charge on any atom is 0.216 e. The van der Waals surface area contributed by atoms with Gasteiger partial charge in [-0.25, -0.2) is 9.97 Å². The van der Waals surface area contributed by atoms with Gasteiger partial charge < -0.3 is 4.74 Å². The Balaban J connectivity index is 2.15. The topological polar surface area (TPSA) is 35.0 Å². The van der Waals surface area contributed by atoms with Crippen molar-refractivity contribution in [2.75, 3.05) is 7.11 Å². The molecule has 1 atom stereocenters. The standard InChI is InChI=1S/C13H11Br2ClN2O/c1-19-13-6-9(17-7-18-13)5-11(15)8-2-3-10(14)12(16)4-8/h2-4,6-7,11H,5H2,1H3. The van der Waals surface area contributed by atoms with E-state index in [1.807, 2.05) is 24.3 Å². The van der Waals surface area contributed by atoms with E-state index in [-0.39, 0.29) is 4.83 Å². The highest BCUT2D eigenvalue weighted by Gasteiger charge is 2.11. The Morgan fingerprint density at radius 1 is 1.32 bits per heavy atom. The van der Waals surface area contributed by atoms with Gasteiger partial charge in [0.25, 0.3) is 0 Å². The number of methoxy groups -OCH3 is 1. The molecule has 2 aromatic rings. The van der Waals surface area contributed by atoms with E-state index in [4.69, 9.17) is 16.3 Å². The Bertz CT molecular complexity index is 580. The molecule has 0 spiro atoms. The normalized spacial score (nSPS) is 12.2.